The van der Waals surface area contributed by atoms with E-state index in [-0.39, 0.29) is 12.5 Å². The first kappa shape index (κ1) is 16.6. The number of hydrogen-bond donors (Lipinski definition) is 0. The maximum Gasteiger partial charge on any atom is 0.248 e. The van der Waals surface area contributed by atoms with Crippen LogP contribution >= 0.6 is 0 Å². The van der Waals surface area contributed by atoms with Crippen LogP contribution in [-0.4, -0.2) is 45.3 Å². The molecule has 0 spiro atoms. The normalized spacial score (nSPS) is 14.9. The topological polar surface area (TPSA) is 60.2 Å². The molecule has 0 bridgehead atoms. The summed E-state index contributed by atoms with van der Waals surface area (Å²) < 4.78 is 7.60. The van der Waals surface area contributed by atoms with E-state index in [1.54, 1.807) is 6.33 Å². The zero-order valence-corrected chi connectivity index (χ0v) is 14.3. The van der Waals surface area contributed by atoms with Gasteiger partial charge in [0.05, 0.1) is 6.61 Å². The molecule has 128 valence electrons. The lowest BCUT2D eigenvalue weighted by molar-refractivity contribution is -0.143. The average Bonchev–Trinajstić information content (AvgIpc) is 3.00. The summed E-state index contributed by atoms with van der Waals surface area (Å²) in [5, 5.41) is 8.19. The van der Waals surface area contributed by atoms with Gasteiger partial charge in [-0.3, -0.25) is 4.79 Å². The number of hydrogen-bond acceptors (Lipinski definition) is 4. The second kappa shape index (κ2) is 7.57. The predicted octanol–water partition coefficient (Wildman–Crippen LogP) is 2.08. The summed E-state index contributed by atoms with van der Waals surface area (Å²) in [6.45, 7) is 6.41. The quantitative estimate of drug-likeness (QED) is 0.781. The van der Waals surface area contributed by atoms with Crippen molar-refractivity contribution in [2.24, 2.45) is 5.92 Å². The van der Waals surface area contributed by atoms with Crippen molar-refractivity contribution in [1.82, 2.24) is 19.7 Å². The molecule has 0 N–H and O–H groups in total. The molecule has 1 amide bonds. The Morgan fingerprint density at radius 3 is 2.75 bits per heavy atom. The molecule has 6 nitrogen and oxygen atoms in total. The molecule has 0 atom stereocenters. The summed E-state index contributed by atoms with van der Waals surface area (Å²) >= 11 is 0. The monoisotopic (exact) mass is 328 g/mol. The van der Waals surface area contributed by atoms with Crippen LogP contribution in [0.2, 0.25) is 0 Å². The highest BCUT2D eigenvalue weighted by molar-refractivity contribution is 5.78. The molecule has 2 aromatic rings. The maximum atomic E-state index is 12.1. The molecule has 0 saturated carbocycles. The van der Waals surface area contributed by atoms with Gasteiger partial charge in [-0.15, -0.1) is 10.2 Å². The molecule has 2 heterocycles. The van der Waals surface area contributed by atoms with E-state index in [4.69, 9.17) is 4.74 Å². The van der Waals surface area contributed by atoms with Crippen LogP contribution in [0, 0.1) is 5.92 Å². The minimum absolute atomic E-state index is 0.0625. The smallest absolute Gasteiger partial charge is 0.248 e. The summed E-state index contributed by atoms with van der Waals surface area (Å²) in [6.07, 6.45) is 2.64. The molecule has 1 fully saturated rings. The number of benzene rings is 1. The van der Waals surface area contributed by atoms with E-state index in [1.807, 2.05) is 35.2 Å². The van der Waals surface area contributed by atoms with E-state index in [9.17, 15) is 4.79 Å². The SMILES string of the molecule is CC(C)n1cnnc1CC1CN(C(=O)COCc2ccccc2)C1. The van der Waals surface area contributed by atoms with Gasteiger partial charge in [-0.25, -0.2) is 0 Å². The molecule has 0 radical (unpaired) electrons. The molecule has 1 aliphatic heterocycles. The van der Waals surface area contributed by atoms with Crippen molar-refractivity contribution in [3.8, 4) is 0 Å². The fourth-order valence-corrected chi connectivity index (χ4v) is 2.93. The van der Waals surface area contributed by atoms with Gasteiger partial charge in [0.1, 0.15) is 18.8 Å². The highest BCUT2D eigenvalue weighted by Crippen LogP contribution is 2.21. The molecule has 0 aliphatic carbocycles. The first-order valence-electron chi connectivity index (χ1n) is 8.41. The maximum absolute atomic E-state index is 12.1. The molecule has 6 heteroatoms. The summed E-state index contributed by atoms with van der Waals surface area (Å²) in [7, 11) is 0. The molecular formula is C18H24N4O2. The fraction of sp³-hybridized carbons (Fsp3) is 0.500. The standard InChI is InChI=1S/C18H24N4O2/c1-14(2)22-13-19-20-17(22)8-16-9-21(10-16)18(23)12-24-11-15-6-4-3-5-7-15/h3-7,13-14,16H,8-12H2,1-2H3. The third-order valence-electron chi connectivity index (χ3n) is 4.32. The number of carbonyl (C=O) groups excluding carboxylic acids is 1. The summed E-state index contributed by atoms with van der Waals surface area (Å²) in [6, 6.07) is 10.3. The number of carbonyl (C=O) groups is 1. The lowest BCUT2D eigenvalue weighted by Crippen LogP contribution is -2.52. The van der Waals surface area contributed by atoms with Crippen molar-refractivity contribution in [3.05, 3.63) is 48.0 Å². The van der Waals surface area contributed by atoms with Crippen molar-refractivity contribution in [2.75, 3.05) is 19.7 Å². The van der Waals surface area contributed by atoms with E-state index in [1.165, 1.54) is 0 Å². The van der Waals surface area contributed by atoms with Crippen molar-refractivity contribution in [3.63, 3.8) is 0 Å². The second-order valence-electron chi connectivity index (χ2n) is 6.60. The van der Waals surface area contributed by atoms with Crippen LogP contribution in [-0.2, 0) is 22.6 Å². The van der Waals surface area contributed by atoms with Crippen molar-refractivity contribution in [1.29, 1.82) is 0 Å². The van der Waals surface area contributed by atoms with E-state index >= 15 is 0 Å². The average molecular weight is 328 g/mol. The number of ether oxygens (including phenoxy) is 1. The van der Waals surface area contributed by atoms with Crippen LogP contribution in [0.1, 0.15) is 31.3 Å². The lowest BCUT2D eigenvalue weighted by atomic mass is 9.96. The van der Waals surface area contributed by atoms with Gasteiger partial charge >= 0.3 is 0 Å². The third-order valence-corrected chi connectivity index (χ3v) is 4.32. The minimum Gasteiger partial charge on any atom is -0.367 e. The van der Waals surface area contributed by atoms with Gasteiger partial charge in [0, 0.05) is 31.5 Å². The van der Waals surface area contributed by atoms with Crippen LogP contribution in [0.5, 0.6) is 0 Å². The fourth-order valence-electron chi connectivity index (χ4n) is 2.93. The Kier molecular flexibility index (Phi) is 5.25. The summed E-state index contributed by atoms with van der Waals surface area (Å²) in [5.74, 6) is 1.53. The van der Waals surface area contributed by atoms with Gasteiger partial charge in [-0.1, -0.05) is 30.3 Å². The van der Waals surface area contributed by atoms with Gasteiger partial charge < -0.3 is 14.2 Å². The Bertz CT molecular complexity index is 663. The van der Waals surface area contributed by atoms with E-state index in [2.05, 4.69) is 28.6 Å². The van der Waals surface area contributed by atoms with Crippen molar-refractivity contribution >= 4 is 5.91 Å². The van der Waals surface area contributed by atoms with Crippen LogP contribution < -0.4 is 0 Å². The second-order valence-corrected chi connectivity index (χ2v) is 6.60. The summed E-state index contributed by atoms with van der Waals surface area (Å²) in [5.41, 5.74) is 1.08. The predicted molar refractivity (Wildman–Crippen MR) is 90.3 cm³/mol. The Balaban J connectivity index is 1.38. The molecule has 1 aromatic carbocycles. The minimum atomic E-state index is 0.0625. The van der Waals surface area contributed by atoms with Gasteiger partial charge in [-0.2, -0.15) is 0 Å². The van der Waals surface area contributed by atoms with Crippen LogP contribution in [0.4, 0.5) is 0 Å². The molecule has 1 aliphatic rings. The number of rotatable bonds is 7. The van der Waals surface area contributed by atoms with E-state index < -0.39 is 0 Å². The molecule has 3 rings (SSSR count). The first-order valence-corrected chi connectivity index (χ1v) is 8.41. The van der Waals surface area contributed by atoms with Crippen molar-refractivity contribution < 1.29 is 9.53 Å². The van der Waals surface area contributed by atoms with Crippen LogP contribution in [0.3, 0.4) is 0 Å². The molecule has 0 unspecified atom stereocenters. The lowest BCUT2D eigenvalue weighted by Gasteiger charge is -2.39. The zero-order valence-electron chi connectivity index (χ0n) is 14.3. The Morgan fingerprint density at radius 1 is 1.29 bits per heavy atom. The van der Waals surface area contributed by atoms with Gasteiger partial charge in [0.15, 0.2) is 0 Å². The van der Waals surface area contributed by atoms with Crippen LogP contribution in [0.25, 0.3) is 0 Å². The number of likely N-dealkylation sites (tertiary alicyclic amines) is 1. The van der Waals surface area contributed by atoms with E-state index in [0.29, 0.717) is 18.6 Å². The summed E-state index contributed by atoms with van der Waals surface area (Å²) in [4.78, 5) is 14.0. The van der Waals surface area contributed by atoms with Crippen LogP contribution in [0.15, 0.2) is 36.7 Å². The van der Waals surface area contributed by atoms with Gasteiger partial charge in [0.2, 0.25) is 5.91 Å². The van der Waals surface area contributed by atoms with E-state index in [0.717, 1.165) is 30.9 Å². The number of aromatic nitrogens is 3. The third kappa shape index (κ3) is 4.00. The Morgan fingerprint density at radius 2 is 2.04 bits per heavy atom. The first-order chi connectivity index (χ1) is 11.6. The molecular weight excluding hydrogens is 304 g/mol. The van der Waals surface area contributed by atoms with Crippen molar-refractivity contribution in [2.45, 2.75) is 32.9 Å². The number of nitrogens with zero attached hydrogens (tertiary/aromatic N) is 4. The Labute approximate surface area is 142 Å². The van der Waals surface area contributed by atoms with Gasteiger partial charge in [-0.05, 0) is 19.4 Å². The largest absolute Gasteiger partial charge is 0.367 e. The highest BCUT2D eigenvalue weighted by Gasteiger charge is 2.31. The number of amides is 1. The highest BCUT2D eigenvalue weighted by atomic mass is 16.5. The molecule has 1 saturated heterocycles. The van der Waals surface area contributed by atoms with Gasteiger partial charge in [0.25, 0.3) is 0 Å². The Hall–Kier alpha value is -2.21. The molecule has 24 heavy (non-hydrogen) atoms. The molecule has 1 aromatic heterocycles. The zero-order chi connectivity index (χ0) is 16.9.